The molecule has 6 heteroatoms. The second-order valence-corrected chi connectivity index (χ2v) is 6.87. The van der Waals surface area contributed by atoms with Gasteiger partial charge in [0.25, 0.3) is 0 Å². The molecule has 0 aliphatic rings. The van der Waals surface area contributed by atoms with Gasteiger partial charge in [-0.05, 0) is 37.6 Å². The fraction of sp³-hybridized carbons (Fsp3) is 0.538. The summed E-state index contributed by atoms with van der Waals surface area (Å²) in [5, 5.41) is 12.5. The van der Waals surface area contributed by atoms with Gasteiger partial charge in [0.05, 0.1) is 10.6 Å². The fourth-order valence-electron chi connectivity index (χ4n) is 1.77. The summed E-state index contributed by atoms with van der Waals surface area (Å²) >= 11 is 5.81. The van der Waals surface area contributed by atoms with Gasteiger partial charge in [-0.3, -0.25) is 0 Å². The average Bonchev–Trinajstić information content (AvgIpc) is 2.36. The van der Waals surface area contributed by atoms with Crippen LogP contribution in [0.4, 0.5) is 0 Å². The van der Waals surface area contributed by atoms with Crippen LogP contribution in [-0.2, 0) is 9.84 Å². The molecule has 0 saturated heterocycles. The Morgan fingerprint density at radius 1 is 1.42 bits per heavy atom. The van der Waals surface area contributed by atoms with Crippen molar-refractivity contribution in [2.45, 2.75) is 30.7 Å². The van der Waals surface area contributed by atoms with Gasteiger partial charge in [0.2, 0.25) is 0 Å². The Morgan fingerprint density at radius 2 is 2.16 bits per heavy atom. The fourth-order valence-corrected chi connectivity index (χ4v) is 3.62. The molecule has 0 aliphatic heterocycles. The normalized spacial score (nSPS) is 13.4. The van der Waals surface area contributed by atoms with Crippen molar-refractivity contribution in [2.24, 2.45) is 0 Å². The quantitative estimate of drug-likeness (QED) is 0.769. The van der Waals surface area contributed by atoms with Crippen molar-refractivity contribution < 1.29 is 13.5 Å². The number of halogens is 1. The summed E-state index contributed by atoms with van der Waals surface area (Å²) in [5.74, 6) is -0.0338. The summed E-state index contributed by atoms with van der Waals surface area (Å²) in [4.78, 5) is 0.223. The van der Waals surface area contributed by atoms with Gasteiger partial charge in [0, 0.05) is 17.7 Å². The van der Waals surface area contributed by atoms with Crippen molar-refractivity contribution in [3.63, 3.8) is 0 Å². The van der Waals surface area contributed by atoms with Crippen LogP contribution in [0.2, 0.25) is 5.02 Å². The zero-order valence-electron chi connectivity index (χ0n) is 11.0. The van der Waals surface area contributed by atoms with Crippen molar-refractivity contribution in [2.75, 3.05) is 18.9 Å². The van der Waals surface area contributed by atoms with E-state index in [1.165, 1.54) is 12.1 Å². The molecule has 0 saturated carbocycles. The van der Waals surface area contributed by atoms with Crippen LogP contribution < -0.4 is 5.32 Å². The summed E-state index contributed by atoms with van der Waals surface area (Å²) in [6, 6.07) is 6.01. The molecule has 1 rings (SSSR count). The number of aliphatic hydroxyl groups excluding tert-OH is 1. The standard InChI is InChI=1S/C13H20ClNO3S/c1-2-7-15-12(6-8-16)10-19(17,18)13-5-3-4-11(14)9-13/h3-5,9,12,15-16H,2,6-8,10H2,1H3. The van der Waals surface area contributed by atoms with E-state index < -0.39 is 9.84 Å². The molecule has 1 atom stereocenters. The maximum atomic E-state index is 12.3. The summed E-state index contributed by atoms with van der Waals surface area (Å²) in [7, 11) is -3.39. The third-order valence-corrected chi connectivity index (χ3v) is 4.78. The van der Waals surface area contributed by atoms with Crippen LogP contribution in [-0.4, -0.2) is 38.5 Å². The highest BCUT2D eigenvalue weighted by Gasteiger charge is 2.20. The molecule has 2 N–H and O–H groups in total. The molecule has 1 aromatic carbocycles. The first-order valence-electron chi connectivity index (χ1n) is 6.32. The van der Waals surface area contributed by atoms with Crippen LogP contribution in [0, 0.1) is 0 Å². The van der Waals surface area contributed by atoms with E-state index >= 15 is 0 Å². The summed E-state index contributed by atoms with van der Waals surface area (Å²) < 4.78 is 24.5. The molecular weight excluding hydrogens is 286 g/mol. The molecule has 0 spiro atoms. The molecule has 0 radical (unpaired) electrons. The summed E-state index contributed by atoms with van der Waals surface area (Å²) in [6.45, 7) is 2.71. The van der Waals surface area contributed by atoms with Gasteiger partial charge in [-0.2, -0.15) is 0 Å². The molecule has 108 valence electrons. The van der Waals surface area contributed by atoms with E-state index in [2.05, 4.69) is 5.32 Å². The van der Waals surface area contributed by atoms with Gasteiger partial charge in [0.1, 0.15) is 0 Å². The van der Waals surface area contributed by atoms with E-state index in [1.54, 1.807) is 12.1 Å². The lowest BCUT2D eigenvalue weighted by molar-refractivity contribution is 0.269. The number of hydrogen-bond donors (Lipinski definition) is 2. The predicted octanol–water partition coefficient (Wildman–Crippen LogP) is 1.86. The van der Waals surface area contributed by atoms with Gasteiger partial charge in [-0.15, -0.1) is 0 Å². The maximum Gasteiger partial charge on any atom is 0.179 e. The Labute approximate surface area is 119 Å². The second kappa shape index (κ2) is 7.85. The van der Waals surface area contributed by atoms with Crippen LogP contribution in [0.1, 0.15) is 19.8 Å². The van der Waals surface area contributed by atoms with Gasteiger partial charge in [-0.25, -0.2) is 8.42 Å². The first kappa shape index (κ1) is 16.4. The zero-order chi connectivity index (χ0) is 14.3. The Bertz CT molecular complexity index is 490. The average molecular weight is 306 g/mol. The lowest BCUT2D eigenvalue weighted by atomic mass is 10.2. The minimum absolute atomic E-state index is 0.0338. The number of sulfone groups is 1. The zero-order valence-corrected chi connectivity index (χ0v) is 12.5. The van der Waals surface area contributed by atoms with E-state index in [9.17, 15) is 8.42 Å². The van der Waals surface area contributed by atoms with Crippen LogP contribution in [0.5, 0.6) is 0 Å². The molecule has 0 amide bonds. The van der Waals surface area contributed by atoms with E-state index in [1.807, 2.05) is 6.92 Å². The molecule has 0 heterocycles. The molecule has 0 aromatic heterocycles. The smallest absolute Gasteiger partial charge is 0.179 e. The van der Waals surface area contributed by atoms with Crippen molar-refractivity contribution in [3.05, 3.63) is 29.3 Å². The van der Waals surface area contributed by atoms with Crippen molar-refractivity contribution in [1.82, 2.24) is 5.32 Å². The Hall–Kier alpha value is -0.620. The van der Waals surface area contributed by atoms with Gasteiger partial charge < -0.3 is 10.4 Å². The Balaban J connectivity index is 2.81. The van der Waals surface area contributed by atoms with Crippen LogP contribution >= 0.6 is 11.6 Å². The minimum atomic E-state index is -3.39. The Morgan fingerprint density at radius 3 is 2.74 bits per heavy atom. The van der Waals surface area contributed by atoms with Gasteiger partial charge >= 0.3 is 0 Å². The summed E-state index contributed by atoms with van der Waals surface area (Å²) in [6.07, 6.45) is 1.33. The largest absolute Gasteiger partial charge is 0.396 e. The SMILES string of the molecule is CCCNC(CCO)CS(=O)(=O)c1cccc(Cl)c1. The number of hydrogen-bond acceptors (Lipinski definition) is 4. The predicted molar refractivity (Wildman–Crippen MR) is 77.3 cm³/mol. The van der Waals surface area contributed by atoms with Crippen molar-refractivity contribution in [3.8, 4) is 0 Å². The number of nitrogens with one attached hydrogen (secondary N) is 1. The number of rotatable bonds is 8. The first-order chi connectivity index (χ1) is 8.99. The van der Waals surface area contributed by atoms with Crippen LogP contribution in [0.3, 0.4) is 0 Å². The molecule has 19 heavy (non-hydrogen) atoms. The van der Waals surface area contributed by atoms with E-state index in [0.29, 0.717) is 11.4 Å². The van der Waals surface area contributed by atoms with Gasteiger partial charge in [-0.1, -0.05) is 24.6 Å². The molecule has 0 fully saturated rings. The van der Waals surface area contributed by atoms with E-state index in [0.717, 1.165) is 13.0 Å². The lowest BCUT2D eigenvalue weighted by Gasteiger charge is -2.17. The molecule has 0 bridgehead atoms. The molecule has 0 aliphatic carbocycles. The molecular formula is C13H20ClNO3S. The second-order valence-electron chi connectivity index (χ2n) is 4.40. The Kier molecular flexibility index (Phi) is 6.79. The topological polar surface area (TPSA) is 66.4 Å². The molecule has 1 aromatic rings. The number of benzene rings is 1. The highest BCUT2D eigenvalue weighted by atomic mass is 35.5. The number of aliphatic hydroxyl groups is 1. The highest BCUT2D eigenvalue weighted by molar-refractivity contribution is 7.91. The van der Waals surface area contributed by atoms with Crippen molar-refractivity contribution in [1.29, 1.82) is 0 Å². The van der Waals surface area contributed by atoms with E-state index in [-0.39, 0.29) is 23.3 Å². The lowest BCUT2D eigenvalue weighted by Crippen LogP contribution is -2.37. The highest BCUT2D eigenvalue weighted by Crippen LogP contribution is 2.17. The third-order valence-electron chi connectivity index (χ3n) is 2.74. The van der Waals surface area contributed by atoms with Crippen LogP contribution in [0.15, 0.2) is 29.2 Å². The first-order valence-corrected chi connectivity index (χ1v) is 8.35. The van der Waals surface area contributed by atoms with Gasteiger partial charge in [0.15, 0.2) is 9.84 Å². The van der Waals surface area contributed by atoms with E-state index in [4.69, 9.17) is 16.7 Å². The maximum absolute atomic E-state index is 12.3. The monoisotopic (exact) mass is 305 g/mol. The third kappa shape index (κ3) is 5.48. The minimum Gasteiger partial charge on any atom is -0.396 e. The molecule has 4 nitrogen and oxygen atoms in total. The molecule has 1 unspecified atom stereocenters. The summed E-state index contributed by atoms with van der Waals surface area (Å²) in [5.41, 5.74) is 0. The van der Waals surface area contributed by atoms with Crippen LogP contribution in [0.25, 0.3) is 0 Å². The van der Waals surface area contributed by atoms with Crippen molar-refractivity contribution >= 4 is 21.4 Å².